The molecule has 0 fully saturated rings. The van der Waals surface area contributed by atoms with Crippen molar-refractivity contribution in [2.45, 2.75) is 38.6 Å². The van der Waals surface area contributed by atoms with E-state index in [9.17, 15) is 4.79 Å². The summed E-state index contributed by atoms with van der Waals surface area (Å²) >= 11 is 0. The number of rotatable bonds is 9. The minimum atomic E-state index is -0.138. The van der Waals surface area contributed by atoms with E-state index < -0.39 is 0 Å². The van der Waals surface area contributed by atoms with Gasteiger partial charge in [0.2, 0.25) is 5.91 Å². The summed E-state index contributed by atoms with van der Waals surface area (Å²) in [5, 5.41) is 0. The molecule has 4 rings (SSSR count). The molecule has 1 unspecified atom stereocenters. The third kappa shape index (κ3) is 5.36. The number of aryl methyl sites for hydroxylation is 1. The van der Waals surface area contributed by atoms with Crippen molar-refractivity contribution in [2.75, 3.05) is 27.4 Å². The highest BCUT2D eigenvalue weighted by molar-refractivity contribution is 5.78. The fourth-order valence-corrected chi connectivity index (χ4v) is 4.63. The van der Waals surface area contributed by atoms with Gasteiger partial charge >= 0.3 is 0 Å². The van der Waals surface area contributed by atoms with Gasteiger partial charge in [-0.1, -0.05) is 42.5 Å². The van der Waals surface area contributed by atoms with Crippen LogP contribution in [0.5, 0.6) is 17.2 Å². The molecular formula is C29H33NO4. The smallest absolute Gasteiger partial charge is 0.223 e. The normalized spacial score (nSPS) is 14.9. The van der Waals surface area contributed by atoms with Gasteiger partial charge in [-0.3, -0.25) is 4.79 Å². The van der Waals surface area contributed by atoms with Crippen LogP contribution in [0.2, 0.25) is 0 Å². The average molecular weight is 460 g/mol. The molecule has 0 aliphatic carbocycles. The van der Waals surface area contributed by atoms with Crippen LogP contribution < -0.4 is 14.2 Å². The van der Waals surface area contributed by atoms with Gasteiger partial charge in [-0.05, 0) is 72.7 Å². The Morgan fingerprint density at radius 3 is 2.44 bits per heavy atom. The molecule has 0 aromatic heterocycles. The first kappa shape index (κ1) is 23.7. The Morgan fingerprint density at radius 1 is 0.941 bits per heavy atom. The van der Waals surface area contributed by atoms with Gasteiger partial charge in [0.05, 0.1) is 26.9 Å². The zero-order valence-corrected chi connectivity index (χ0v) is 20.3. The molecule has 0 N–H and O–H groups in total. The van der Waals surface area contributed by atoms with E-state index in [2.05, 4.69) is 31.2 Å². The van der Waals surface area contributed by atoms with Crippen molar-refractivity contribution in [3.8, 4) is 17.2 Å². The van der Waals surface area contributed by atoms with Crippen molar-refractivity contribution in [2.24, 2.45) is 0 Å². The van der Waals surface area contributed by atoms with Crippen molar-refractivity contribution in [1.29, 1.82) is 0 Å². The van der Waals surface area contributed by atoms with E-state index in [4.69, 9.17) is 14.2 Å². The zero-order chi connectivity index (χ0) is 23.9. The molecule has 0 radical (unpaired) electrons. The number of ether oxygens (including phenoxy) is 3. The summed E-state index contributed by atoms with van der Waals surface area (Å²) in [6.07, 6.45) is 2.93. The van der Waals surface area contributed by atoms with E-state index in [1.807, 2.05) is 47.4 Å². The van der Waals surface area contributed by atoms with Crippen LogP contribution in [0.25, 0.3) is 0 Å². The van der Waals surface area contributed by atoms with Gasteiger partial charge in [0.15, 0.2) is 11.5 Å². The number of carbonyl (C=O) groups is 1. The van der Waals surface area contributed by atoms with Crippen LogP contribution >= 0.6 is 0 Å². The molecular weight excluding hydrogens is 426 g/mol. The second kappa shape index (κ2) is 11.1. The van der Waals surface area contributed by atoms with Gasteiger partial charge in [0.25, 0.3) is 0 Å². The fraction of sp³-hybridized carbons (Fsp3) is 0.345. The molecule has 3 aromatic carbocycles. The summed E-state index contributed by atoms with van der Waals surface area (Å²) in [4.78, 5) is 15.4. The van der Waals surface area contributed by atoms with E-state index in [0.717, 1.165) is 41.9 Å². The molecule has 3 aromatic rings. The second-order valence-electron chi connectivity index (χ2n) is 8.68. The largest absolute Gasteiger partial charge is 0.494 e. The molecule has 0 saturated heterocycles. The quantitative estimate of drug-likeness (QED) is 0.383. The maximum atomic E-state index is 13.4. The first-order valence-corrected chi connectivity index (χ1v) is 11.9. The number of fused-ring (bicyclic) bond motifs is 1. The van der Waals surface area contributed by atoms with Gasteiger partial charge in [-0.2, -0.15) is 0 Å². The lowest BCUT2D eigenvalue weighted by Crippen LogP contribution is -2.40. The van der Waals surface area contributed by atoms with E-state index in [0.29, 0.717) is 25.3 Å². The number of hydrogen-bond donors (Lipinski definition) is 0. The Bertz CT molecular complexity index is 1110. The standard InChI is InChI=1S/C29H33NO4/c1-21-10-9-13-24(18-21)34-17-8-7-14-28(31)30-16-15-23-19-26(32-2)27(33-3)20-25(23)29(30)22-11-5-4-6-12-22/h4-6,9-13,18-20,29H,7-8,14-17H2,1-3H3. The number of unbranched alkanes of at least 4 members (excludes halogenated alkanes) is 1. The Labute approximate surface area is 202 Å². The number of methoxy groups -OCH3 is 2. The molecule has 0 bridgehead atoms. The molecule has 5 nitrogen and oxygen atoms in total. The van der Waals surface area contributed by atoms with Crippen LogP contribution in [0.1, 0.15) is 47.6 Å². The van der Waals surface area contributed by atoms with Gasteiger partial charge in [-0.25, -0.2) is 0 Å². The van der Waals surface area contributed by atoms with Gasteiger partial charge in [-0.15, -0.1) is 0 Å². The fourth-order valence-electron chi connectivity index (χ4n) is 4.63. The van der Waals surface area contributed by atoms with Crippen LogP contribution in [-0.4, -0.2) is 38.2 Å². The number of carbonyl (C=O) groups excluding carboxylic acids is 1. The molecule has 1 aliphatic rings. The third-order valence-electron chi connectivity index (χ3n) is 6.35. The molecule has 34 heavy (non-hydrogen) atoms. The van der Waals surface area contributed by atoms with E-state index >= 15 is 0 Å². The topological polar surface area (TPSA) is 48.0 Å². The lowest BCUT2D eigenvalue weighted by Gasteiger charge is -2.38. The Balaban J connectivity index is 1.46. The molecule has 1 heterocycles. The Kier molecular flexibility index (Phi) is 7.73. The number of hydrogen-bond acceptors (Lipinski definition) is 4. The van der Waals surface area contributed by atoms with Crippen molar-refractivity contribution < 1.29 is 19.0 Å². The van der Waals surface area contributed by atoms with Crippen molar-refractivity contribution in [3.05, 3.63) is 89.0 Å². The summed E-state index contributed by atoms with van der Waals surface area (Å²) in [6, 6.07) is 22.2. The van der Waals surface area contributed by atoms with Gasteiger partial charge in [0, 0.05) is 13.0 Å². The van der Waals surface area contributed by atoms with Crippen LogP contribution in [0.15, 0.2) is 66.7 Å². The maximum Gasteiger partial charge on any atom is 0.223 e. The average Bonchev–Trinajstić information content (AvgIpc) is 2.87. The number of nitrogens with zero attached hydrogens (tertiary/aromatic N) is 1. The SMILES string of the molecule is COc1cc2c(cc1OC)C(c1ccccc1)N(C(=O)CCCCOc1cccc(C)c1)CC2. The van der Waals surface area contributed by atoms with Crippen molar-refractivity contribution >= 4 is 5.91 Å². The van der Waals surface area contributed by atoms with Crippen LogP contribution in [0.4, 0.5) is 0 Å². The Morgan fingerprint density at radius 2 is 1.71 bits per heavy atom. The lowest BCUT2D eigenvalue weighted by molar-refractivity contribution is -0.133. The zero-order valence-electron chi connectivity index (χ0n) is 20.3. The highest BCUT2D eigenvalue weighted by Crippen LogP contribution is 2.41. The van der Waals surface area contributed by atoms with Crippen molar-refractivity contribution in [3.63, 3.8) is 0 Å². The van der Waals surface area contributed by atoms with E-state index in [-0.39, 0.29) is 11.9 Å². The monoisotopic (exact) mass is 459 g/mol. The van der Waals surface area contributed by atoms with Crippen LogP contribution in [0.3, 0.4) is 0 Å². The molecule has 0 saturated carbocycles. The Hall–Kier alpha value is -3.47. The second-order valence-corrected chi connectivity index (χ2v) is 8.68. The van der Waals surface area contributed by atoms with E-state index in [1.165, 1.54) is 11.1 Å². The number of amides is 1. The molecule has 1 aliphatic heterocycles. The third-order valence-corrected chi connectivity index (χ3v) is 6.35. The summed E-state index contributed by atoms with van der Waals surface area (Å²) in [6.45, 7) is 3.34. The highest BCUT2D eigenvalue weighted by atomic mass is 16.5. The lowest BCUT2D eigenvalue weighted by atomic mass is 9.87. The molecule has 0 spiro atoms. The first-order chi connectivity index (χ1) is 16.6. The van der Waals surface area contributed by atoms with Gasteiger partial charge in [0.1, 0.15) is 5.75 Å². The summed E-state index contributed by atoms with van der Waals surface area (Å²) < 4.78 is 16.9. The van der Waals surface area contributed by atoms with Crippen LogP contribution in [0, 0.1) is 6.92 Å². The number of benzene rings is 3. The van der Waals surface area contributed by atoms with Crippen molar-refractivity contribution in [1.82, 2.24) is 4.90 Å². The molecule has 178 valence electrons. The minimum Gasteiger partial charge on any atom is -0.494 e. The predicted molar refractivity (Wildman–Crippen MR) is 134 cm³/mol. The highest BCUT2D eigenvalue weighted by Gasteiger charge is 2.32. The summed E-state index contributed by atoms with van der Waals surface area (Å²) in [7, 11) is 3.30. The predicted octanol–water partition coefficient (Wildman–Crippen LogP) is 5.74. The molecule has 1 atom stereocenters. The summed E-state index contributed by atoms with van der Waals surface area (Å²) in [5.41, 5.74) is 4.58. The maximum absolute atomic E-state index is 13.4. The van der Waals surface area contributed by atoms with Crippen LogP contribution in [-0.2, 0) is 11.2 Å². The molecule has 1 amide bonds. The molecule has 5 heteroatoms. The minimum absolute atomic E-state index is 0.138. The van der Waals surface area contributed by atoms with E-state index in [1.54, 1.807) is 14.2 Å². The first-order valence-electron chi connectivity index (χ1n) is 11.9. The summed E-state index contributed by atoms with van der Waals surface area (Å²) in [5.74, 6) is 2.46. The van der Waals surface area contributed by atoms with Gasteiger partial charge < -0.3 is 19.1 Å².